The minimum absolute atomic E-state index is 0.0920. The van der Waals surface area contributed by atoms with Gasteiger partial charge in [-0.1, -0.05) is 19.3 Å². The summed E-state index contributed by atoms with van der Waals surface area (Å²) in [6, 6.07) is -0.150. The lowest BCUT2D eigenvalue weighted by Crippen LogP contribution is -2.49. The number of nitrogens with zero attached hydrogens (tertiary/aromatic N) is 1. The number of carboxylic acid groups (broad SMARTS) is 1. The topological polar surface area (TPSA) is 69.6 Å². The summed E-state index contributed by atoms with van der Waals surface area (Å²) in [6.07, 6.45) is 7.68. The van der Waals surface area contributed by atoms with Gasteiger partial charge in [-0.3, -0.25) is 14.5 Å². The van der Waals surface area contributed by atoms with Crippen molar-refractivity contribution in [3.05, 3.63) is 0 Å². The number of hydrogen-bond donors (Lipinski definition) is 2. The third-order valence-electron chi connectivity index (χ3n) is 5.10. The van der Waals surface area contributed by atoms with E-state index in [4.69, 9.17) is 5.11 Å². The minimum atomic E-state index is -0.705. The number of carboxylic acids is 1. The Morgan fingerprint density at radius 3 is 2.33 bits per heavy atom. The van der Waals surface area contributed by atoms with Gasteiger partial charge in [0.2, 0.25) is 5.91 Å². The van der Waals surface area contributed by atoms with E-state index in [1.54, 1.807) is 0 Å². The molecule has 120 valence electrons. The fourth-order valence-corrected chi connectivity index (χ4v) is 3.48. The molecule has 1 saturated carbocycles. The van der Waals surface area contributed by atoms with Crippen LogP contribution in [0.25, 0.3) is 0 Å². The summed E-state index contributed by atoms with van der Waals surface area (Å²) in [5.41, 5.74) is 0. The first kappa shape index (κ1) is 16.3. The van der Waals surface area contributed by atoms with Gasteiger partial charge < -0.3 is 10.4 Å². The SMILES string of the molecule is CC(C(=O)NCC1CCCCC1)N1CCC(C(=O)O)CC1. The van der Waals surface area contributed by atoms with Crippen molar-refractivity contribution in [3.8, 4) is 0 Å². The molecule has 1 amide bonds. The lowest BCUT2D eigenvalue weighted by atomic mass is 9.89. The van der Waals surface area contributed by atoms with Crippen molar-refractivity contribution in [1.29, 1.82) is 0 Å². The van der Waals surface area contributed by atoms with E-state index in [0.29, 0.717) is 31.8 Å². The third-order valence-corrected chi connectivity index (χ3v) is 5.10. The number of amides is 1. The van der Waals surface area contributed by atoms with Gasteiger partial charge in [-0.15, -0.1) is 0 Å². The zero-order chi connectivity index (χ0) is 15.2. The van der Waals surface area contributed by atoms with Crippen LogP contribution in [-0.4, -0.2) is 47.6 Å². The molecule has 1 aliphatic carbocycles. The normalized spacial score (nSPS) is 23.7. The van der Waals surface area contributed by atoms with E-state index >= 15 is 0 Å². The molecule has 1 atom stereocenters. The van der Waals surface area contributed by atoms with Gasteiger partial charge in [0.25, 0.3) is 0 Å². The van der Waals surface area contributed by atoms with Gasteiger partial charge in [-0.25, -0.2) is 0 Å². The highest BCUT2D eigenvalue weighted by Crippen LogP contribution is 2.23. The van der Waals surface area contributed by atoms with E-state index in [0.717, 1.165) is 6.54 Å². The second kappa shape index (κ2) is 7.78. The van der Waals surface area contributed by atoms with Gasteiger partial charge in [0.15, 0.2) is 0 Å². The van der Waals surface area contributed by atoms with Crippen LogP contribution in [0.1, 0.15) is 51.9 Å². The average molecular weight is 296 g/mol. The molecule has 1 unspecified atom stereocenters. The lowest BCUT2D eigenvalue weighted by molar-refractivity contribution is -0.143. The van der Waals surface area contributed by atoms with E-state index in [2.05, 4.69) is 10.2 Å². The molecule has 2 rings (SSSR count). The Kier molecular flexibility index (Phi) is 6.03. The molecule has 0 bridgehead atoms. The summed E-state index contributed by atoms with van der Waals surface area (Å²) in [4.78, 5) is 25.3. The maximum atomic E-state index is 12.2. The minimum Gasteiger partial charge on any atom is -0.481 e. The van der Waals surface area contributed by atoms with Crippen molar-refractivity contribution in [2.45, 2.75) is 57.9 Å². The van der Waals surface area contributed by atoms with Crippen LogP contribution < -0.4 is 5.32 Å². The summed E-state index contributed by atoms with van der Waals surface area (Å²) < 4.78 is 0. The number of hydrogen-bond acceptors (Lipinski definition) is 3. The molecule has 5 heteroatoms. The van der Waals surface area contributed by atoms with E-state index in [9.17, 15) is 9.59 Å². The van der Waals surface area contributed by atoms with Gasteiger partial charge in [0.05, 0.1) is 12.0 Å². The quantitative estimate of drug-likeness (QED) is 0.812. The van der Waals surface area contributed by atoms with Gasteiger partial charge >= 0.3 is 5.97 Å². The van der Waals surface area contributed by atoms with Crippen LogP contribution in [0.4, 0.5) is 0 Å². The summed E-state index contributed by atoms with van der Waals surface area (Å²) >= 11 is 0. The maximum absolute atomic E-state index is 12.2. The molecule has 2 fully saturated rings. The molecule has 0 radical (unpaired) electrons. The molecule has 1 aliphatic heterocycles. The first-order chi connectivity index (χ1) is 10.1. The van der Waals surface area contributed by atoms with E-state index in [1.165, 1.54) is 32.1 Å². The van der Waals surface area contributed by atoms with E-state index in [1.807, 2.05) is 6.92 Å². The number of piperidine rings is 1. The number of aliphatic carboxylic acids is 1. The van der Waals surface area contributed by atoms with E-state index < -0.39 is 5.97 Å². The fourth-order valence-electron chi connectivity index (χ4n) is 3.48. The summed E-state index contributed by atoms with van der Waals surface area (Å²) in [5, 5.41) is 12.1. The predicted octanol–water partition coefficient (Wildman–Crippen LogP) is 1.87. The van der Waals surface area contributed by atoms with Crippen LogP contribution in [0.15, 0.2) is 0 Å². The highest BCUT2D eigenvalue weighted by Gasteiger charge is 2.29. The largest absolute Gasteiger partial charge is 0.481 e. The molecule has 1 heterocycles. The lowest BCUT2D eigenvalue weighted by Gasteiger charge is -2.34. The zero-order valence-corrected chi connectivity index (χ0v) is 13.0. The summed E-state index contributed by atoms with van der Waals surface area (Å²) in [5.74, 6) is -0.204. The maximum Gasteiger partial charge on any atom is 0.306 e. The summed E-state index contributed by atoms with van der Waals surface area (Å²) in [6.45, 7) is 4.13. The molecule has 21 heavy (non-hydrogen) atoms. The Balaban J connectivity index is 1.71. The van der Waals surface area contributed by atoms with Crippen molar-refractivity contribution in [3.63, 3.8) is 0 Å². The molecule has 5 nitrogen and oxygen atoms in total. The molecule has 0 aromatic rings. The van der Waals surface area contributed by atoms with E-state index in [-0.39, 0.29) is 17.9 Å². The number of rotatable bonds is 5. The molecule has 2 aliphatic rings. The highest BCUT2D eigenvalue weighted by molar-refractivity contribution is 5.81. The molecule has 1 saturated heterocycles. The molecular weight excluding hydrogens is 268 g/mol. The molecule has 0 aromatic heterocycles. The average Bonchev–Trinajstić information content (AvgIpc) is 2.53. The Morgan fingerprint density at radius 2 is 1.76 bits per heavy atom. The second-order valence-electron chi connectivity index (χ2n) is 6.57. The Labute approximate surface area is 127 Å². The molecule has 0 spiro atoms. The second-order valence-corrected chi connectivity index (χ2v) is 6.57. The van der Waals surface area contributed by atoms with Gasteiger partial charge in [-0.2, -0.15) is 0 Å². The first-order valence-corrected chi connectivity index (χ1v) is 8.32. The standard InChI is InChI=1S/C16H28N2O3/c1-12(18-9-7-14(8-10-18)16(20)21)15(19)17-11-13-5-3-2-4-6-13/h12-14H,2-11H2,1H3,(H,17,19)(H,20,21). The molecule has 2 N–H and O–H groups in total. The van der Waals surface area contributed by atoms with Crippen molar-refractivity contribution in [1.82, 2.24) is 10.2 Å². The van der Waals surface area contributed by atoms with Crippen LogP contribution >= 0.6 is 0 Å². The van der Waals surface area contributed by atoms with Crippen LogP contribution in [0.2, 0.25) is 0 Å². The van der Waals surface area contributed by atoms with Crippen LogP contribution in [0.3, 0.4) is 0 Å². The van der Waals surface area contributed by atoms with Crippen molar-refractivity contribution in [2.24, 2.45) is 11.8 Å². The third kappa shape index (κ3) is 4.70. The van der Waals surface area contributed by atoms with Gasteiger partial charge in [0.1, 0.15) is 0 Å². The van der Waals surface area contributed by atoms with Crippen LogP contribution in [0.5, 0.6) is 0 Å². The zero-order valence-electron chi connectivity index (χ0n) is 13.0. The Bertz CT molecular complexity index is 359. The number of carbonyl (C=O) groups excluding carboxylic acids is 1. The number of nitrogens with one attached hydrogen (secondary N) is 1. The monoisotopic (exact) mass is 296 g/mol. The highest BCUT2D eigenvalue weighted by atomic mass is 16.4. The van der Waals surface area contributed by atoms with Crippen LogP contribution in [-0.2, 0) is 9.59 Å². The van der Waals surface area contributed by atoms with Gasteiger partial charge in [-0.05, 0) is 51.6 Å². The predicted molar refractivity (Wildman–Crippen MR) is 81.0 cm³/mol. The van der Waals surface area contributed by atoms with Crippen LogP contribution in [0, 0.1) is 11.8 Å². The first-order valence-electron chi connectivity index (χ1n) is 8.32. The number of carbonyl (C=O) groups is 2. The Morgan fingerprint density at radius 1 is 1.14 bits per heavy atom. The fraction of sp³-hybridized carbons (Fsp3) is 0.875. The molecule has 0 aromatic carbocycles. The number of likely N-dealkylation sites (tertiary alicyclic amines) is 1. The van der Waals surface area contributed by atoms with Gasteiger partial charge in [0, 0.05) is 6.54 Å². The smallest absolute Gasteiger partial charge is 0.306 e. The van der Waals surface area contributed by atoms with Crippen molar-refractivity contribution in [2.75, 3.05) is 19.6 Å². The Hall–Kier alpha value is -1.10. The van der Waals surface area contributed by atoms with Crippen molar-refractivity contribution < 1.29 is 14.7 Å². The summed E-state index contributed by atoms with van der Waals surface area (Å²) in [7, 11) is 0. The molecular formula is C16H28N2O3. The van der Waals surface area contributed by atoms with Crippen molar-refractivity contribution >= 4 is 11.9 Å².